The Bertz CT molecular complexity index is 142. The van der Waals surface area contributed by atoms with E-state index in [1.54, 1.807) is 0 Å². The van der Waals surface area contributed by atoms with Crippen LogP contribution in [0.3, 0.4) is 0 Å². The first-order valence-corrected chi connectivity index (χ1v) is 7.20. The van der Waals surface area contributed by atoms with Gasteiger partial charge in [-0.05, 0) is 36.0 Å². The second-order valence-electron chi connectivity index (χ2n) is 5.67. The van der Waals surface area contributed by atoms with Crippen molar-refractivity contribution in [3.05, 3.63) is 0 Å². The first-order chi connectivity index (χ1) is 6.89. The Morgan fingerprint density at radius 3 is 1.60 bits per heavy atom. The maximum Gasteiger partial charge on any atom is 0.145 e. The van der Waals surface area contributed by atoms with Gasteiger partial charge >= 0.3 is 0 Å². The van der Waals surface area contributed by atoms with Crippen molar-refractivity contribution in [1.29, 1.82) is 0 Å². The molecule has 0 radical (unpaired) electrons. The van der Waals surface area contributed by atoms with Gasteiger partial charge in [0, 0.05) is 6.61 Å². The van der Waals surface area contributed by atoms with Gasteiger partial charge in [0.2, 0.25) is 0 Å². The zero-order chi connectivity index (χ0) is 12.1. The molecule has 0 atom stereocenters. The van der Waals surface area contributed by atoms with Crippen LogP contribution in [0.25, 0.3) is 0 Å². The number of hydrogen-bond acceptors (Lipinski definition) is 1. The standard InChI is InChI=1S/C13H30OSi/c1-10(2)13(11(3)4,12(5)6)8-7-9-14-15/h10-12H,7-9H2,1-6,15H3. The van der Waals surface area contributed by atoms with Crippen molar-refractivity contribution in [2.24, 2.45) is 23.2 Å². The predicted octanol–water partition coefficient (Wildman–Crippen LogP) is 3.02. The Balaban J connectivity index is 4.65. The average molecular weight is 230 g/mol. The summed E-state index contributed by atoms with van der Waals surface area (Å²) in [6.45, 7) is 15.2. The molecule has 0 N–H and O–H groups in total. The lowest BCUT2D eigenvalue weighted by Gasteiger charge is -2.45. The van der Waals surface area contributed by atoms with Crippen molar-refractivity contribution in [2.45, 2.75) is 54.4 Å². The fourth-order valence-electron chi connectivity index (χ4n) is 3.39. The van der Waals surface area contributed by atoms with E-state index < -0.39 is 0 Å². The smallest absolute Gasteiger partial charge is 0.145 e. The highest BCUT2D eigenvalue weighted by molar-refractivity contribution is 5.97. The summed E-state index contributed by atoms with van der Waals surface area (Å²) in [5, 5.41) is 0. The lowest BCUT2D eigenvalue weighted by molar-refractivity contribution is 0.0325. The highest BCUT2D eigenvalue weighted by Crippen LogP contribution is 2.46. The summed E-state index contributed by atoms with van der Waals surface area (Å²) in [5.41, 5.74) is 0.486. The maximum atomic E-state index is 5.32. The second-order valence-corrected chi connectivity index (χ2v) is 6.25. The summed E-state index contributed by atoms with van der Waals surface area (Å²) < 4.78 is 5.32. The minimum Gasteiger partial charge on any atom is -0.428 e. The zero-order valence-corrected chi connectivity index (χ0v) is 13.8. The highest BCUT2D eigenvalue weighted by Gasteiger charge is 2.39. The summed E-state index contributed by atoms with van der Waals surface area (Å²) in [4.78, 5) is 0. The molecule has 0 aliphatic carbocycles. The van der Waals surface area contributed by atoms with Gasteiger partial charge < -0.3 is 4.43 Å². The molecule has 0 aromatic rings. The van der Waals surface area contributed by atoms with Gasteiger partial charge in [-0.3, -0.25) is 0 Å². The summed E-state index contributed by atoms with van der Waals surface area (Å²) in [5.74, 6) is 2.27. The summed E-state index contributed by atoms with van der Waals surface area (Å²) in [6, 6.07) is 0. The minimum absolute atomic E-state index is 0.486. The van der Waals surface area contributed by atoms with Gasteiger partial charge in [0.25, 0.3) is 0 Å². The van der Waals surface area contributed by atoms with Crippen LogP contribution in [0.2, 0.25) is 0 Å². The van der Waals surface area contributed by atoms with Crippen LogP contribution in [0.15, 0.2) is 0 Å². The van der Waals surface area contributed by atoms with Crippen LogP contribution in [0.1, 0.15) is 54.4 Å². The molecule has 0 aromatic carbocycles. The largest absolute Gasteiger partial charge is 0.428 e. The van der Waals surface area contributed by atoms with Crippen LogP contribution in [0.4, 0.5) is 0 Å². The van der Waals surface area contributed by atoms with Crippen molar-refractivity contribution >= 4 is 10.5 Å². The SMILES string of the molecule is CC(C)C(CCCO[SiH3])(C(C)C)C(C)C. The van der Waals surface area contributed by atoms with E-state index in [-0.39, 0.29) is 0 Å². The Morgan fingerprint density at radius 1 is 0.933 bits per heavy atom. The summed E-state index contributed by atoms with van der Waals surface area (Å²) in [7, 11) is 0.879. The summed E-state index contributed by atoms with van der Waals surface area (Å²) >= 11 is 0. The molecule has 92 valence electrons. The Hall–Kier alpha value is 0.177. The van der Waals surface area contributed by atoms with Crippen LogP contribution in [-0.4, -0.2) is 17.1 Å². The van der Waals surface area contributed by atoms with Gasteiger partial charge in [0.15, 0.2) is 0 Å². The van der Waals surface area contributed by atoms with Crippen molar-refractivity contribution in [3.63, 3.8) is 0 Å². The van der Waals surface area contributed by atoms with Gasteiger partial charge in [-0.2, -0.15) is 0 Å². The Morgan fingerprint density at radius 2 is 1.33 bits per heavy atom. The fourth-order valence-corrected chi connectivity index (χ4v) is 3.68. The zero-order valence-electron chi connectivity index (χ0n) is 11.8. The highest BCUT2D eigenvalue weighted by atomic mass is 28.2. The number of rotatable bonds is 7. The average Bonchev–Trinajstić information content (AvgIpc) is 2.10. The first-order valence-electron chi connectivity index (χ1n) is 6.38. The lowest BCUT2D eigenvalue weighted by atomic mass is 9.60. The van der Waals surface area contributed by atoms with E-state index in [1.807, 2.05) is 0 Å². The maximum absolute atomic E-state index is 5.32. The lowest BCUT2D eigenvalue weighted by Crippen LogP contribution is -2.38. The first kappa shape index (κ1) is 15.2. The summed E-state index contributed by atoms with van der Waals surface area (Å²) in [6.07, 6.45) is 2.53. The van der Waals surface area contributed by atoms with Crippen molar-refractivity contribution in [2.75, 3.05) is 6.61 Å². The van der Waals surface area contributed by atoms with Gasteiger partial charge in [0.1, 0.15) is 10.5 Å². The molecule has 0 bridgehead atoms. The van der Waals surface area contributed by atoms with E-state index in [0.29, 0.717) is 5.41 Å². The molecule has 0 saturated carbocycles. The molecule has 2 heteroatoms. The molecule has 0 rings (SSSR count). The van der Waals surface area contributed by atoms with Crippen LogP contribution in [-0.2, 0) is 4.43 Å². The quantitative estimate of drug-likeness (QED) is 0.482. The fraction of sp³-hybridized carbons (Fsp3) is 1.00. The van der Waals surface area contributed by atoms with Crippen LogP contribution >= 0.6 is 0 Å². The molecular formula is C13H30OSi. The predicted molar refractivity (Wildman–Crippen MR) is 72.1 cm³/mol. The monoisotopic (exact) mass is 230 g/mol. The molecule has 0 spiro atoms. The van der Waals surface area contributed by atoms with Gasteiger partial charge in [0.05, 0.1) is 0 Å². The van der Waals surface area contributed by atoms with Gasteiger partial charge in [-0.15, -0.1) is 0 Å². The van der Waals surface area contributed by atoms with Gasteiger partial charge in [-0.25, -0.2) is 0 Å². The molecule has 15 heavy (non-hydrogen) atoms. The molecule has 0 aliphatic heterocycles. The van der Waals surface area contributed by atoms with Crippen molar-refractivity contribution in [3.8, 4) is 0 Å². The van der Waals surface area contributed by atoms with E-state index in [0.717, 1.165) is 34.8 Å². The van der Waals surface area contributed by atoms with E-state index in [4.69, 9.17) is 4.43 Å². The van der Waals surface area contributed by atoms with E-state index in [9.17, 15) is 0 Å². The van der Waals surface area contributed by atoms with E-state index in [2.05, 4.69) is 41.5 Å². The number of hydrogen-bond donors (Lipinski definition) is 0. The Labute approximate surface area is 99.5 Å². The van der Waals surface area contributed by atoms with E-state index in [1.165, 1.54) is 12.8 Å². The molecule has 0 fully saturated rings. The topological polar surface area (TPSA) is 9.23 Å². The van der Waals surface area contributed by atoms with Crippen molar-refractivity contribution < 1.29 is 4.43 Å². The molecule has 0 unspecified atom stereocenters. The molecule has 0 aromatic heterocycles. The second kappa shape index (κ2) is 6.69. The third-order valence-electron chi connectivity index (χ3n) is 4.18. The third kappa shape index (κ3) is 3.60. The molecule has 0 aliphatic rings. The molecule has 0 amide bonds. The molecule has 0 saturated heterocycles. The van der Waals surface area contributed by atoms with Crippen LogP contribution in [0, 0.1) is 23.2 Å². The normalized spacial score (nSPS) is 13.4. The molecule has 1 nitrogen and oxygen atoms in total. The molecular weight excluding hydrogens is 200 g/mol. The van der Waals surface area contributed by atoms with Gasteiger partial charge in [-0.1, -0.05) is 41.5 Å². The van der Waals surface area contributed by atoms with Crippen molar-refractivity contribution in [1.82, 2.24) is 0 Å². The molecule has 0 heterocycles. The minimum atomic E-state index is 0.486. The van der Waals surface area contributed by atoms with Crippen LogP contribution in [0.5, 0.6) is 0 Å². The Kier molecular flexibility index (Phi) is 6.77. The van der Waals surface area contributed by atoms with Crippen LogP contribution < -0.4 is 0 Å². The third-order valence-corrected chi connectivity index (χ3v) is 4.59. The van der Waals surface area contributed by atoms with E-state index >= 15 is 0 Å².